The highest BCUT2D eigenvalue weighted by molar-refractivity contribution is 7.89. The van der Waals surface area contributed by atoms with E-state index < -0.39 is 10.0 Å². The van der Waals surface area contributed by atoms with E-state index in [4.69, 9.17) is 10.9 Å². The number of sulfonamides is 1. The summed E-state index contributed by atoms with van der Waals surface area (Å²) in [5, 5.41) is 8.20. The van der Waals surface area contributed by atoms with E-state index in [-0.39, 0.29) is 16.6 Å². The number of rotatable bonds is 4. The molecule has 2 aromatic rings. The van der Waals surface area contributed by atoms with Gasteiger partial charge in [0, 0.05) is 18.1 Å². The van der Waals surface area contributed by atoms with Gasteiger partial charge in [0.25, 0.3) is 0 Å². The minimum absolute atomic E-state index is 0.0604. The van der Waals surface area contributed by atoms with Crippen LogP contribution in [0.25, 0.3) is 0 Å². The molecule has 2 rings (SSSR count). The number of hydrogen-bond donors (Lipinski definition) is 4. The Bertz CT molecular complexity index is 666. The van der Waals surface area contributed by atoms with Gasteiger partial charge in [-0.2, -0.15) is 0 Å². The first-order valence-electron chi connectivity index (χ1n) is 5.56. The minimum Gasteiger partial charge on any atom is -0.398 e. The van der Waals surface area contributed by atoms with Gasteiger partial charge in [-0.3, -0.25) is 0 Å². The Morgan fingerprint density at radius 1 is 1.42 bits per heavy atom. The fourth-order valence-electron chi connectivity index (χ4n) is 1.73. The first-order chi connectivity index (χ1) is 8.88. The first-order valence-corrected chi connectivity index (χ1v) is 7.10. The smallest absolute Gasteiger partial charge is 0.240 e. The van der Waals surface area contributed by atoms with Crippen molar-refractivity contribution in [1.82, 2.24) is 9.97 Å². The van der Waals surface area contributed by atoms with Crippen LogP contribution in [0.4, 0.5) is 11.4 Å². The largest absolute Gasteiger partial charge is 0.398 e. The summed E-state index contributed by atoms with van der Waals surface area (Å²) in [5.41, 5.74) is 6.48. The highest BCUT2D eigenvalue weighted by Gasteiger charge is 2.13. The molecule has 0 fully saturated rings. The topological polar surface area (TPSA) is 127 Å². The number of aromatic nitrogens is 2. The van der Waals surface area contributed by atoms with Crippen LogP contribution < -0.4 is 16.2 Å². The molecule has 0 aliphatic heterocycles. The van der Waals surface area contributed by atoms with Gasteiger partial charge in [0.1, 0.15) is 10.7 Å². The summed E-state index contributed by atoms with van der Waals surface area (Å²) in [4.78, 5) is 7.03. The summed E-state index contributed by atoms with van der Waals surface area (Å²) in [6, 6.07) is 4.45. The maximum absolute atomic E-state index is 11.2. The molecule has 7 nitrogen and oxygen atoms in total. The van der Waals surface area contributed by atoms with Crippen molar-refractivity contribution in [2.75, 3.05) is 11.1 Å². The van der Waals surface area contributed by atoms with Crippen molar-refractivity contribution in [3.8, 4) is 0 Å². The molecule has 0 spiro atoms. The molecular formula is C11H15N5O2S. The summed E-state index contributed by atoms with van der Waals surface area (Å²) in [6.07, 6.45) is 3.39. The molecule has 102 valence electrons. The van der Waals surface area contributed by atoms with E-state index in [0.717, 1.165) is 5.82 Å². The molecule has 0 saturated carbocycles. The number of nitrogen functional groups attached to an aromatic ring is 1. The summed E-state index contributed by atoms with van der Waals surface area (Å²) in [6.45, 7) is 1.92. The molecule has 6 N–H and O–H groups in total. The van der Waals surface area contributed by atoms with Gasteiger partial charge in [-0.25, -0.2) is 18.5 Å². The zero-order chi connectivity index (χ0) is 14.0. The van der Waals surface area contributed by atoms with Crippen molar-refractivity contribution < 1.29 is 8.42 Å². The number of hydrogen-bond acceptors (Lipinski definition) is 5. The number of nitrogens with zero attached hydrogens (tertiary/aromatic N) is 1. The lowest BCUT2D eigenvalue weighted by Gasteiger charge is -2.14. The zero-order valence-electron chi connectivity index (χ0n) is 10.3. The average Bonchev–Trinajstić information content (AvgIpc) is 2.80. The fourth-order valence-corrected chi connectivity index (χ4v) is 2.38. The normalized spacial score (nSPS) is 13.2. The average molecular weight is 281 g/mol. The quantitative estimate of drug-likeness (QED) is 0.617. The van der Waals surface area contributed by atoms with Gasteiger partial charge in [0.2, 0.25) is 10.0 Å². The van der Waals surface area contributed by atoms with Crippen LogP contribution in [-0.4, -0.2) is 18.4 Å². The Hall–Kier alpha value is -2.06. The molecule has 0 saturated heterocycles. The van der Waals surface area contributed by atoms with Crippen molar-refractivity contribution in [3.63, 3.8) is 0 Å². The van der Waals surface area contributed by atoms with Crippen molar-refractivity contribution in [1.29, 1.82) is 0 Å². The van der Waals surface area contributed by atoms with Crippen molar-refractivity contribution in [2.24, 2.45) is 5.14 Å². The molecule has 1 aromatic heterocycles. The Morgan fingerprint density at radius 2 is 2.16 bits per heavy atom. The Morgan fingerprint density at radius 3 is 2.68 bits per heavy atom. The predicted molar refractivity (Wildman–Crippen MR) is 72.9 cm³/mol. The van der Waals surface area contributed by atoms with E-state index in [1.54, 1.807) is 18.5 Å². The minimum atomic E-state index is -3.79. The van der Waals surface area contributed by atoms with Gasteiger partial charge in [-0.1, -0.05) is 0 Å². The third kappa shape index (κ3) is 3.04. The van der Waals surface area contributed by atoms with E-state index in [2.05, 4.69) is 15.3 Å². The second-order valence-electron chi connectivity index (χ2n) is 4.14. The Balaban J connectivity index is 2.22. The molecule has 1 heterocycles. The van der Waals surface area contributed by atoms with Gasteiger partial charge >= 0.3 is 0 Å². The second kappa shape index (κ2) is 4.90. The van der Waals surface area contributed by atoms with Crippen LogP contribution in [0.5, 0.6) is 0 Å². The lowest BCUT2D eigenvalue weighted by atomic mass is 10.2. The highest BCUT2D eigenvalue weighted by atomic mass is 32.2. The van der Waals surface area contributed by atoms with E-state index in [1.807, 2.05) is 6.92 Å². The fraction of sp³-hybridized carbons (Fsp3) is 0.182. The lowest BCUT2D eigenvalue weighted by molar-refractivity contribution is 0.598. The predicted octanol–water partition coefficient (Wildman–Crippen LogP) is 0.812. The van der Waals surface area contributed by atoms with Gasteiger partial charge in [0.05, 0.1) is 11.7 Å². The number of primary sulfonamides is 1. The molecule has 8 heteroatoms. The van der Waals surface area contributed by atoms with Gasteiger partial charge < -0.3 is 16.0 Å². The number of H-pyrrole nitrogens is 1. The van der Waals surface area contributed by atoms with Gasteiger partial charge in [-0.05, 0) is 25.1 Å². The first kappa shape index (κ1) is 13.4. The van der Waals surface area contributed by atoms with Crippen LogP contribution in [0.1, 0.15) is 18.8 Å². The molecule has 19 heavy (non-hydrogen) atoms. The molecule has 1 atom stereocenters. The SMILES string of the molecule is CC(Nc1ccc(S(N)(=O)=O)c(N)c1)c1ncc[nH]1. The Labute approximate surface area is 111 Å². The molecule has 0 amide bonds. The van der Waals surface area contributed by atoms with Crippen LogP contribution in [0.2, 0.25) is 0 Å². The number of anilines is 2. The van der Waals surface area contributed by atoms with Crippen molar-refractivity contribution >= 4 is 21.4 Å². The number of nitrogens with one attached hydrogen (secondary N) is 2. The Kier molecular flexibility index (Phi) is 3.45. The van der Waals surface area contributed by atoms with E-state index in [9.17, 15) is 8.42 Å². The van der Waals surface area contributed by atoms with E-state index in [1.165, 1.54) is 12.1 Å². The van der Waals surface area contributed by atoms with Crippen LogP contribution in [-0.2, 0) is 10.0 Å². The lowest BCUT2D eigenvalue weighted by Crippen LogP contribution is -2.15. The summed E-state index contributed by atoms with van der Waals surface area (Å²) < 4.78 is 22.5. The standard InChI is InChI=1S/C11H15N5O2S/c1-7(11-14-4-5-15-11)16-8-2-3-10(9(12)6-8)19(13,17)18/h2-7,16H,12H2,1H3,(H,14,15)(H2,13,17,18). The molecule has 0 radical (unpaired) electrons. The summed E-state index contributed by atoms with van der Waals surface area (Å²) >= 11 is 0. The van der Waals surface area contributed by atoms with Crippen LogP contribution >= 0.6 is 0 Å². The van der Waals surface area contributed by atoms with E-state index >= 15 is 0 Å². The molecule has 1 unspecified atom stereocenters. The molecular weight excluding hydrogens is 266 g/mol. The molecule has 0 bridgehead atoms. The number of aromatic amines is 1. The molecule has 0 aliphatic rings. The summed E-state index contributed by atoms with van der Waals surface area (Å²) in [5.74, 6) is 0.772. The van der Waals surface area contributed by atoms with Crippen LogP contribution in [0.15, 0.2) is 35.5 Å². The maximum atomic E-state index is 11.2. The van der Waals surface area contributed by atoms with Crippen molar-refractivity contribution in [3.05, 3.63) is 36.4 Å². The monoisotopic (exact) mass is 281 g/mol. The third-order valence-electron chi connectivity index (χ3n) is 2.63. The highest BCUT2D eigenvalue weighted by Crippen LogP contribution is 2.23. The van der Waals surface area contributed by atoms with E-state index in [0.29, 0.717) is 5.69 Å². The maximum Gasteiger partial charge on any atom is 0.240 e. The third-order valence-corrected chi connectivity index (χ3v) is 3.61. The van der Waals surface area contributed by atoms with Gasteiger partial charge in [0.15, 0.2) is 0 Å². The number of nitrogens with two attached hydrogens (primary N) is 2. The number of benzene rings is 1. The van der Waals surface area contributed by atoms with Crippen LogP contribution in [0.3, 0.4) is 0 Å². The number of imidazole rings is 1. The zero-order valence-corrected chi connectivity index (χ0v) is 11.1. The molecule has 0 aliphatic carbocycles. The van der Waals surface area contributed by atoms with Crippen molar-refractivity contribution in [2.45, 2.75) is 17.9 Å². The van der Waals surface area contributed by atoms with Gasteiger partial charge in [-0.15, -0.1) is 0 Å². The molecule has 1 aromatic carbocycles. The summed E-state index contributed by atoms with van der Waals surface area (Å²) in [7, 11) is -3.79. The second-order valence-corrected chi connectivity index (χ2v) is 5.67. The van der Waals surface area contributed by atoms with Crippen LogP contribution in [0, 0.1) is 0 Å².